The van der Waals surface area contributed by atoms with Crippen LogP contribution in [0.1, 0.15) is 11.3 Å². The summed E-state index contributed by atoms with van der Waals surface area (Å²) in [7, 11) is 1.89. The molecule has 20 heavy (non-hydrogen) atoms. The summed E-state index contributed by atoms with van der Waals surface area (Å²) in [6.07, 6.45) is 3.65. The van der Waals surface area contributed by atoms with Crippen LogP contribution in [-0.2, 0) is 18.3 Å². The number of amides is 1. The van der Waals surface area contributed by atoms with Crippen LogP contribution in [0.2, 0.25) is 10.0 Å². The van der Waals surface area contributed by atoms with Crippen LogP contribution in [0, 0.1) is 0 Å². The zero-order valence-corrected chi connectivity index (χ0v) is 12.3. The van der Waals surface area contributed by atoms with Crippen molar-refractivity contribution in [3.63, 3.8) is 0 Å². The second-order valence-electron chi connectivity index (χ2n) is 4.25. The minimum Gasteiger partial charge on any atom is -0.354 e. The lowest BCUT2D eigenvalue weighted by molar-refractivity contribution is -0.120. The SMILES string of the molecule is Cn1cccc1CC(=O)NN=Cc1ccc(Cl)cc1Cl. The number of carbonyl (C=O) groups is 1. The monoisotopic (exact) mass is 309 g/mol. The molecule has 0 atom stereocenters. The van der Waals surface area contributed by atoms with E-state index in [1.54, 1.807) is 18.2 Å². The van der Waals surface area contributed by atoms with E-state index in [1.807, 2.05) is 29.9 Å². The van der Waals surface area contributed by atoms with Crippen molar-refractivity contribution in [2.24, 2.45) is 12.1 Å². The van der Waals surface area contributed by atoms with Crippen LogP contribution in [-0.4, -0.2) is 16.7 Å². The molecule has 0 spiro atoms. The highest BCUT2D eigenvalue weighted by atomic mass is 35.5. The lowest BCUT2D eigenvalue weighted by atomic mass is 10.2. The zero-order valence-electron chi connectivity index (χ0n) is 10.8. The average Bonchev–Trinajstić information content (AvgIpc) is 2.78. The number of hydrazone groups is 1. The van der Waals surface area contributed by atoms with Gasteiger partial charge in [0.05, 0.1) is 17.7 Å². The van der Waals surface area contributed by atoms with Gasteiger partial charge in [0.25, 0.3) is 0 Å². The molecule has 2 rings (SSSR count). The van der Waals surface area contributed by atoms with E-state index < -0.39 is 0 Å². The maximum Gasteiger partial charge on any atom is 0.245 e. The number of hydrogen-bond acceptors (Lipinski definition) is 2. The molecule has 1 aromatic carbocycles. The molecule has 0 aliphatic carbocycles. The van der Waals surface area contributed by atoms with E-state index in [0.29, 0.717) is 15.6 Å². The van der Waals surface area contributed by atoms with Crippen molar-refractivity contribution < 1.29 is 4.79 Å². The lowest BCUT2D eigenvalue weighted by Gasteiger charge is -2.02. The molecule has 0 aliphatic heterocycles. The molecule has 1 heterocycles. The minimum absolute atomic E-state index is 0.187. The Labute approximate surface area is 127 Å². The van der Waals surface area contributed by atoms with Gasteiger partial charge in [-0.25, -0.2) is 5.43 Å². The minimum atomic E-state index is -0.187. The van der Waals surface area contributed by atoms with E-state index in [4.69, 9.17) is 23.2 Å². The number of nitrogens with one attached hydrogen (secondary N) is 1. The molecule has 0 saturated carbocycles. The number of aromatic nitrogens is 1. The molecular weight excluding hydrogens is 297 g/mol. The van der Waals surface area contributed by atoms with Gasteiger partial charge in [-0.15, -0.1) is 0 Å². The predicted octanol–water partition coefficient (Wildman–Crippen LogP) is 3.02. The molecule has 0 bridgehead atoms. The average molecular weight is 310 g/mol. The van der Waals surface area contributed by atoms with Gasteiger partial charge in [-0.3, -0.25) is 4.79 Å². The first-order chi connectivity index (χ1) is 9.56. The Morgan fingerprint density at radius 1 is 1.40 bits per heavy atom. The summed E-state index contributed by atoms with van der Waals surface area (Å²) in [5.74, 6) is -0.187. The van der Waals surface area contributed by atoms with Gasteiger partial charge in [0.1, 0.15) is 0 Å². The summed E-state index contributed by atoms with van der Waals surface area (Å²) in [4.78, 5) is 11.7. The molecule has 0 fully saturated rings. The molecule has 104 valence electrons. The van der Waals surface area contributed by atoms with Gasteiger partial charge < -0.3 is 4.57 Å². The topological polar surface area (TPSA) is 46.4 Å². The van der Waals surface area contributed by atoms with Gasteiger partial charge in [0, 0.05) is 29.5 Å². The summed E-state index contributed by atoms with van der Waals surface area (Å²) in [5, 5.41) is 4.92. The maximum absolute atomic E-state index is 11.7. The molecule has 1 N–H and O–H groups in total. The molecule has 6 heteroatoms. The Kier molecular flexibility index (Phi) is 4.82. The number of nitrogens with zero attached hydrogens (tertiary/aromatic N) is 2. The van der Waals surface area contributed by atoms with Crippen molar-refractivity contribution in [3.05, 3.63) is 57.8 Å². The van der Waals surface area contributed by atoms with Gasteiger partial charge in [0.15, 0.2) is 0 Å². The van der Waals surface area contributed by atoms with Gasteiger partial charge in [-0.1, -0.05) is 29.3 Å². The Morgan fingerprint density at radius 2 is 2.20 bits per heavy atom. The van der Waals surface area contributed by atoms with Crippen molar-refractivity contribution in [1.29, 1.82) is 0 Å². The number of hydrogen-bond donors (Lipinski definition) is 1. The summed E-state index contributed by atoms with van der Waals surface area (Å²) < 4.78 is 1.89. The van der Waals surface area contributed by atoms with Crippen LogP contribution in [0.25, 0.3) is 0 Å². The molecule has 1 aromatic heterocycles. The number of carbonyl (C=O) groups excluding carboxylic acids is 1. The van der Waals surface area contributed by atoms with Crippen molar-refractivity contribution in [1.82, 2.24) is 9.99 Å². The van der Waals surface area contributed by atoms with Crippen LogP contribution in [0.5, 0.6) is 0 Å². The molecule has 1 amide bonds. The molecule has 0 radical (unpaired) electrons. The second kappa shape index (κ2) is 6.59. The second-order valence-corrected chi connectivity index (χ2v) is 5.09. The number of benzene rings is 1. The van der Waals surface area contributed by atoms with Crippen molar-refractivity contribution in [3.8, 4) is 0 Å². The largest absolute Gasteiger partial charge is 0.354 e. The lowest BCUT2D eigenvalue weighted by Crippen LogP contribution is -2.20. The number of halogens is 2. The van der Waals surface area contributed by atoms with E-state index in [-0.39, 0.29) is 12.3 Å². The molecular formula is C14H13Cl2N3O. The molecule has 0 saturated heterocycles. The highest BCUT2D eigenvalue weighted by Gasteiger charge is 2.04. The highest BCUT2D eigenvalue weighted by Crippen LogP contribution is 2.19. The number of aryl methyl sites for hydroxylation is 1. The van der Waals surface area contributed by atoms with Crippen LogP contribution >= 0.6 is 23.2 Å². The standard InChI is InChI=1S/C14H13Cl2N3O/c1-19-6-2-3-12(19)8-14(20)18-17-9-10-4-5-11(15)7-13(10)16/h2-7,9H,8H2,1H3,(H,18,20). The van der Waals surface area contributed by atoms with E-state index >= 15 is 0 Å². The van der Waals surface area contributed by atoms with Crippen molar-refractivity contribution >= 4 is 35.3 Å². The third kappa shape index (κ3) is 3.85. The van der Waals surface area contributed by atoms with Crippen LogP contribution in [0.15, 0.2) is 41.6 Å². The first kappa shape index (κ1) is 14.6. The first-order valence-corrected chi connectivity index (χ1v) is 6.69. The Hall–Kier alpha value is -1.78. The van der Waals surface area contributed by atoms with E-state index in [9.17, 15) is 4.79 Å². The van der Waals surface area contributed by atoms with Gasteiger partial charge >= 0.3 is 0 Å². The van der Waals surface area contributed by atoms with E-state index in [1.165, 1.54) is 6.21 Å². The Balaban J connectivity index is 1.93. The predicted molar refractivity (Wildman–Crippen MR) is 81.3 cm³/mol. The third-order valence-electron chi connectivity index (χ3n) is 2.75. The summed E-state index contributed by atoms with van der Waals surface area (Å²) in [5.41, 5.74) is 4.07. The maximum atomic E-state index is 11.7. The number of rotatable bonds is 4. The fourth-order valence-electron chi connectivity index (χ4n) is 1.66. The summed E-state index contributed by atoms with van der Waals surface area (Å²) >= 11 is 11.8. The third-order valence-corrected chi connectivity index (χ3v) is 3.31. The van der Waals surface area contributed by atoms with Gasteiger partial charge in [-0.05, 0) is 24.3 Å². The molecule has 0 unspecified atom stereocenters. The fraction of sp³-hybridized carbons (Fsp3) is 0.143. The van der Waals surface area contributed by atoms with Crippen molar-refractivity contribution in [2.75, 3.05) is 0 Å². The van der Waals surface area contributed by atoms with Crippen LogP contribution in [0.3, 0.4) is 0 Å². The quantitative estimate of drug-likeness (QED) is 0.685. The Morgan fingerprint density at radius 3 is 2.85 bits per heavy atom. The van der Waals surface area contributed by atoms with Crippen molar-refractivity contribution in [2.45, 2.75) is 6.42 Å². The van der Waals surface area contributed by atoms with Gasteiger partial charge in [-0.2, -0.15) is 5.10 Å². The molecule has 4 nitrogen and oxygen atoms in total. The van der Waals surface area contributed by atoms with Crippen LogP contribution in [0.4, 0.5) is 0 Å². The zero-order chi connectivity index (χ0) is 14.5. The normalized spacial score (nSPS) is 10.9. The van der Waals surface area contributed by atoms with E-state index in [2.05, 4.69) is 10.5 Å². The fourth-order valence-corrected chi connectivity index (χ4v) is 2.12. The van der Waals surface area contributed by atoms with Crippen LogP contribution < -0.4 is 5.43 Å². The molecule has 0 aliphatic rings. The van der Waals surface area contributed by atoms with E-state index in [0.717, 1.165) is 5.69 Å². The Bertz CT molecular complexity index is 650. The smallest absolute Gasteiger partial charge is 0.245 e. The van der Waals surface area contributed by atoms with Gasteiger partial charge in [0.2, 0.25) is 5.91 Å². The first-order valence-electron chi connectivity index (χ1n) is 5.93. The highest BCUT2D eigenvalue weighted by molar-refractivity contribution is 6.36. The summed E-state index contributed by atoms with van der Waals surface area (Å²) in [6, 6.07) is 8.84. The molecule has 2 aromatic rings. The summed E-state index contributed by atoms with van der Waals surface area (Å²) in [6.45, 7) is 0.